The molecule has 0 atom stereocenters. The van der Waals surface area contributed by atoms with Gasteiger partial charge < -0.3 is 20.9 Å². The highest BCUT2D eigenvalue weighted by Crippen LogP contribution is 2.35. The lowest BCUT2D eigenvalue weighted by atomic mass is 10.2. The summed E-state index contributed by atoms with van der Waals surface area (Å²) in [5.74, 6) is -0.219. The molecule has 0 aliphatic rings. The molecule has 0 unspecified atom stereocenters. The third kappa shape index (κ3) is 5.04. The molecule has 9 heteroatoms. The van der Waals surface area contributed by atoms with Gasteiger partial charge in [0.25, 0.3) is 5.91 Å². The largest absolute Gasteiger partial charge is 0.349 e. The van der Waals surface area contributed by atoms with Crippen molar-refractivity contribution >= 4 is 60.6 Å². The van der Waals surface area contributed by atoms with Gasteiger partial charge in [0.1, 0.15) is 4.83 Å². The summed E-state index contributed by atoms with van der Waals surface area (Å²) < 4.78 is 1.00. The molecule has 0 fully saturated rings. The maximum absolute atomic E-state index is 12.8. The number of hydrogen-bond donors (Lipinski definition) is 3. The SMILES string of the molecule is CCN(CC)c1nc2sc(C(=O)Nc3ccccc3NC(=O)NC(C)C)cc2s1. The van der Waals surface area contributed by atoms with Crippen LogP contribution in [0.15, 0.2) is 30.3 Å². The van der Waals surface area contributed by atoms with Gasteiger partial charge in [-0.25, -0.2) is 9.78 Å². The molecule has 3 rings (SSSR count). The van der Waals surface area contributed by atoms with Crippen molar-refractivity contribution in [1.29, 1.82) is 0 Å². The number of nitrogens with zero attached hydrogens (tertiary/aromatic N) is 2. The van der Waals surface area contributed by atoms with E-state index in [1.54, 1.807) is 29.5 Å². The Morgan fingerprint density at radius 1 is 1.07 bits per heavy atom. The minimum Gasteiger partial charge on any atom is -0.349 e. The van der Waals surface area contributed by atoms with Gasteiger partial charge in [0.2, 0.25) is 0 Å². The summed E-state index contributed by atoms with van der Waals surface area (Å²) >= 11 is 2.97. The molecule has 0 aliphatic heterocycles. The number of urea groups is 1. The van der Waals surface area contributed by atoms with E-state index >= 15 is 0 Å². The first kappa shape index (κ1) is 21.1. The number of thiophene rings is 1. The Kier molecular flexibility index (Phi) is 6.71. The molecule has 0 radical (unpaired) electrons. The van der Waals surface area contributed by atoms with Crippen molar-refractivity contribution in [2.24, 2.45) is 0 Å². The van der Waals surface area contributed by atoms with Gasteiger partial charge in [0.15, 0.2) is 5.13 Å². The van der Waals surface area contributed by atoms with Crippen molar-refractivity contribution in [2.45, 2.75) is 33.7 Å². The number of rotatable bonds is 7. The second-order valence-electron chi connectivity index (χ2n) is 6.70. The van der Waals surface area contributed by atoms with Crippen LogP contribution in [0.4, 0.5) is 21.3 Å². The first-order chi connectivity index (χ1) is 13.9. The summed E-state index contributed by atoms with van der Waals surface area (Å²) in [5.41, 5.74) is 1.09. The predicted molar refractivity (Wildman–Crippen MR) is 123 cm³/mol. The number of anilines is 3. The summed E-state index contributed by atoms with van der Waals surface area (Å²) in [5, 5.41) is 9.42. The molecule has 0 spiro atoms. The number of benzene rings is 1. The summed E-state index contributed by atoms with van der Waals surface area (Å²) in [4.78, 5) is 33.1. The summed E-state index contributed by atoms with van der Waals surface area (Å²) in [6, 6.07) is 8.71. The first-order valence-electron chi connectivity index (χ1n) is 9.54. The van der Waals surface area contributed by atoms with Crippen molar-refractivity contribution in [3.8, 4) is 0 Å². The lowest BCUT2D eigenvalue weighted by Gasteiger charge is -2.16. The van der Waals surface area contributed by atoms with Gasteiger partial charge >= 0.3 is 6.03 Å². The molecule has 29 heavy (non-hydrogen) atoms. The predicted octanol–water partition coefficient (Wildman–Crippen LogP) is 4.99. The Morgan fingerprint density at radius 2 is 1.72 bits per heavy atom. The monoisotopic (exact) mass is 431 g/mol. The molecule has 7 nitrogen and oxygen atoms in total. The molecule has 2 aromatic heterocycles. The number of para-hydroxylation sites is 2. The van der Waals surface area contributed by atoms with Crippen LogP contribution in [0.25, 0.3) is 9.53 Å². The molecule has 3 N–H and O–H groups in total. The number of carbonyl (C=O) groups is 2. The Morgan fingerprint density at radius 3 is 2.31 bits per heavy atom. The molecule has 0 aliphatic carbocycles. The van der Waals surface area contributed by atoms with Gasteiger partial charge in [0.05, 0.1) is 21.0 Å². The number of aromatic nitrogens is 1. The average molecular weight is 432 g/mol. The zero-order chi connectivity index (χ0) is 21.0. The molecular weight excluding hydrogens is 406 g/mol. The molecule has 0 bridgehead atoms. The second-order valence-corrected chi connectivity index (χ2v) is 8.74. The van der Waals surface area contributed by atoms with Crippen LogP contribution in [0.1, 0.15) is 37.4 Å². The maximum Gasteiger partial charge on any atom is 0.319 e. The van der Waals surface area contributed by atoms with Crippen LogP contribution in [-0.4, -0.2) is 36.1 Å². The number of fused-ring (bicyclic) bond motifs is 1. The quantitative estimate of drug-likeness (QED) is 0.492. The molecule has 2 heterocycles. The fourth-order valence-electron chi connectivity index (χ4n) is 2.77. The van der Waals surface area contributed by atoms with Crippen LogP contribution < -0.4 is 20.9 Å². The molecule has 154 valence electrons. The Balaban J connectivity index is 1.75. The molecule has 0 saturated heterocycles. The fourth-order valence-corrected chi connectivity index (χ4v) is 5.00. The van der Waals surface area contributed by atoms with Crippen LogP contribution >= 0.6 is 22.7 Å². The highest BCUT2D eigenvalue weighted by Gasteiger charge is 2.17. The third-order valence-corrected chi connectivity index (χ3v) is 6.40. The zero-order valence-corrected chi connectivity index (χ0v) is 18.5. The van der Waals surface area contributed by atoms with E-state index in [9.17, 15) is 9.59 Å². The number of hydrogen-bond acceptors (Lipinski definition) is 6. The third-order valence-electron chi connectivity index (χ3n) is 4.18. The summed E-state index contributed by atoms with van der Waals surface area (Å²) in [6.45, 7) is 9.78. The number of thiazole rings is 1. The van der Waals surface area contributed by atoms with E-state index < -0.39 is 0 Å². The zero-order valence-electron chi connectivity index (χ0n) is 16.9. The topological polar surface area (TPSA) is 86.4 Å². The molecule has 0 saturated carbocycles. The summed E-state index contributed by atoms with van der Waals surface area (Å²) in [6.07, 6.45) is 0. The molecule has 3 amide bonds. The van der Waals surface area contributed by atoms with E-state index in [2.05, 4.69) is 39.7 Å². The molecule has 1 aromatic carbocycles. The van der Waals surface area contributed by atoms with Crippen LogP contribution in [-0.2, 0) is 0 Å². The van der Waals surface area contributed by atoms with Crippen molar-refractivity contribution in [3.63, 3.8) is 0 Å². The van der Waals surface area contributed by atoms with Gasteiger partial charge in [-0.3, -0.25) is 4.79 Å². The van der Waals surface area contributed by atoms with Crippen molar-refractivity contribution in [1.82, 2.24) is 10.3 Å². The van der Waals surface area contributed by atoms with Gasteiger partial charge in [-0.2, -0.15) is 0 Å². The standard InChI is InChI=1S/C20H25N5O2S2/c1-5-25(6-2)20-24-18-16(29-20)11-15(28-18)17(26)22-13-9-7-8-10-14(13)23-19(27)21-12(3)4/h7-12H,5-6H2,1-4H3,(H,22,26)(H2,21,23,27). The summed E-state index contributed by atoms with van der Waals surface area (Å²) in [7, 11) is 0. The maximum atomic E-state index is 12.8. The number of carbonyl (C=O) groups excluding carboxylic acids is 2. The highest BCUT2D eigenvalue weighted by atomic mass is 32.1. The van der Waals surface area contributed by atoms with Crippen molar-refractivity contribution in [2.75, 3.05) is 28.6 Å². The number of amides is 3. The van der Waals surface area contributed by atoms with E-state index in [-0.39, 0.29) is 18.0 Å². The van der Waals surface area contributed by atoms with Gasteiger partial charge in [0, 0.05) is 19.1 Å². The van der Waals surface area contributed by atoms with Gasteiger partial charge in [-0.05, 0) is 45.9 Å². The van der Waals surface area contributed by atoms with Crippen molar-refractivity contribution < 1.29 is 9.59 Å². The Bertz CT molecular complexity index is 976. The van der Waals surface area contributed by atoms with E-state index in [1.807, 2.05) is 26.0 Å². The highest BCUT2D eigenvalue weighted by molar-refractivity contribution is 7.29. The average Bonchev–Trinajstić information content (AvgIpc) is 3.23. The molecule has 3 aromatic rings. The van der Waals surface area contributed by atoms with Crippen LogP contribution in [0.3, 0.4) is 0 Å². The lowest BCUT2D eigenvalue weighted by Crippen LogP contribution is -2.34. The van der Waals surface area contributed by atoms with Gasteiger partial charge in [-0.15, -0.1) is 11.3 Å². The van der Waals surface area contributed by atoms with Crippen LogP contribution in [0, 0.1) is 0 Å². The van der Waals surface area contributed by atoms with E-state index in [4.69, 9.17) is 0 Å². The van der Waals surface area contributed by atoms with Crippen LogP contribution in [0.2, 0.25) is 0 Å². The van der Waals surface area contributed by atoms with Gasteiger partial charge in [-0.1, -0.05) is 23.5 Å². The molecular formula is C20H25N5O2S2. The normalized spacial score (nSPS) is 10.9. The van der Waals surface area contributed by atoms with E-state index in [0.29, 0.717) is 16.3 Å². The van der Waals surface area contributed by atoms with E-state index in [0.717, 1.165) is 27.8 Å². The second kappa shape index (κ2) is 9.23. The smallest absolute Gasteiger partial charge is 0.319 e. The Labute approximate surface area is 178 Å². The number of nitrogens with one attached hydrogen (secondary N) is 3. The minimum atomic E-state index is -0.313. The van der Waals surface area contributed by atoms with E-state index in [1.165, 1.54) is 11.3 Å². The Hall–Kier alpha value is -2.65. The lowest BCUT2D eigenvalue weighted by molar-refractivity contribution is 0.103. The van der Waals surface area contributed by atoms with Crippen LogP contribution in [0.5, 0.6) is 0 Å². The first-order valence-corrected chi connectivity index (χ1v) is 11.2. The van der Waals surface area contributed by atoms with Crippen molar-refractivity contribution in [3.05, 3.63) is 35.2 Å². The minimum absolute atomic E-state index is 0.0181. The fraction of sp³-hybridized carbons (Fsp3) is 0.350.